The van der Waals surface area contributed by atoms with Crippen LogP contribution < -0.4 is 10.2 Å². The van der Waals surface area contributed by atoms with Crippen molar-refractivity contribution in [3.8, 4) is 0 Å². The first-order valence-electron chi connectivity index (χ1n) is 5.03. The summed E-state index contributed by atoms with van der Waals surface area (Å²) in [5.74, 6) is -0.785. The molecule has 0 aromatic heterocycles. The van der Waals surface area contributed by atoms with Gasteiger partial charge in [0.15, 0.2) is 0 Å². The molecule has 1 aliphatic heterocycles. The first-order valence-corrected chi connectivity index (χ1v) is 5.03. The van der Waals surface area contributed by atoms with E-state index in [2.05, 4.69) is 5.32 Å². The quantitative estimate of drug-likeness (QED) is 0.747. The summed E-state index contributed by atoms with van der Waals surface area (Å²) in [5, 5.41) is 12.1. The summed E-state index contributed by atoms with van der Waals surface area (Å²) in [6, 6.07) is 7.93. The fourth-order valence-corrected chi connectivity index (χ4v) is 1.85. The molecule has 4 nitrogen and oxygen atoms in total. The van der Waals surface area contributed by atoms with Gasteiger partial charge in [-0.05, 0) is 11.6 Å². The normalized spacial score (nSPS) is 15.6. The fraction of sp³-hybridized carbons (Fsp3) is 0.364. The molecule has 1 aromatic carbocycles. The minimum Gasteiger partial charge on any atom is -0.480 e. The van der Waals surface area contributed by atoms with Crippen molar-refractivity contribution >= 4 is 11.7 Å². The van der Waals surface area contributed by atoms with Crippen molar-refractivity contribution < 1.29 is 9.90 Å². The van der Waals surface area contributed by atoms with E-state index in [0.717, 1.165) is 30.9 Å². The van der Waals surface area contributed by atoms with Gasteiger partial charge in [-0.25, -0.2) is 0 Å². The Bertz CT molecular complexity index is 365. The van der Waals surface area contributed by atoms with Crippen LogP contribution in [-0.4, -0.2) is 30.7 Å². The van der Waals surface area contributed by atoms with Crippen molar-refractivity contribution in [2.45, 2.75) is 6.54 Å². The van der Waals surface area contributed by atoms with Crippen LogP contribution in [0.25, 0.3) is 0 Å². The van der Waals surface area contributed by atoms with Gasteiger partial charge >= 0.3 is 5.97 Å². The average Bonchev–Trinajstić information content (AvgIpc) is 2.41. The molecule has 0 aliphatic carbocycles. The molecule has 15 heavy (non-hydrogen) atoms. The lowest BCUT2D eigenvalue weighted by Gasteiger charge is -2.22. The highest BCUT2D eigenvalue weighted by atomic mass is 16.4. The highest BCUT2D eigenvalue weighted by Gasteiger charge is 2.16. The number of hydrogen-bond donors (Lipinski definition) is 2. The van der Waals surface area contributed by atoms with E-state index in [1.807, 2.05) is 29.2 Å². The van der Waals surface area contributed by atoms with Crippen LogP contribution >= 0.6 is 0 Å². The zero-order valence-electron chi connectivity index (χ0n) is 8.44. The Labute approximate surface area is 88.5 Å². The summed E-state index contributed by atoms with van der Waals surface area (Å²) >= 11 is 0. The number of rotatable bonds is 2. The molecule has 0 saturated heterocycles. The SMILES string of the molecule is O=C(O)CN1CCNCc2ccccc21. The largest absolute Gasteiger partial charge is 0.480 e. The summed E-state index contributed by atoms with van der Waals surface area (Å²) in [5.41, 5.74) is 2.20. The second kappa shape index (κ2) is 4.31. The van der Waals surface area contributed by atoms with Gasteiger partial charge in [-0.1, -0.05) is 18.2 Å². The van der Waals surface area contributed by atoms with E-state index in [1.54, 1.807) is 0 Å². The predicted molar refractivity (Wildman–Crippen MR) is 58.0 cm³/mol. The van der Waals surface area contributed by atoms with Gasteiger partial charge in [0.2, 0.25) is 0 Å². The van der Waals surface area contributed by atoms with Gasteiger partial charge in [-0.15, -0.1) is 0 Å². The molecule has 0 bridgehead atoms. The molecule has 1 heterocycles. The molecular weight excluding hydrogens is 192 g/mol. The average molecular weight is 206 g/mol. The van der Waals surface area contributed by atoms with Crippen LogP contribution in [0.4, 0.5) is 5.69 Å². The summed E-state index contributed by atoms with van der Waals surface area (Å²) in [6.07, 6.45) is 0. The lowest BCUT2D eigenvalue weighted by atomic mass is 10.1. The summed E-state index contributed by atoms with van der Waals surface area (Å²) in [4.78, 5) is 12.6. The lowest BCUT2D eigenvalue weighted by Crippen LogP contribution is -2.33. The van der Waals surface area contributed by atoms with Crippen molar-refractivity contribution in [2.75, 3.05) is 24.5 Å². The van der Waals surface area contributed by atoms with Crippen LogP contribution in [-0.2, 0) is 11.3 Å². The fourth-order valence-electron chi connectivity index (χ4n) is 1.85. The van der Waals surface area contributed by atoms with Crippen LogP contribution in [0.1, 0.15) is 5.56 Å². The van der Waals surface area contributed by atoms with E-state index >= 15 is 0 Å². The van der Waals surface area contributed by atoms with Crippen LogP contribution in [0.3, 0.4) is 0 Å². The number of aliphatic carboxylic acids is 1. The van der Waals surface area contributed by atoms with Crippen LogP contribution in [0.5, 0.6) is 0 Å². The molecule has 4 heteroatoms. The van der Waals surface area contributed by atoms with Crippen LogP contribution in [0.2, 0.25) is 0 Å². The minimum absolute atomic E-state index is 0.0681. The number of anilines is 1. The number of nitrogens with zero attached hydrogens (tertiary/aromatic N) is 1. The Morgan fingerprint density at radius 3 is 3.07 bits per heavy atom. The Morgan fingerprint density at radius 2 is 2.27 bits per heavy atom. The summed E-state index contributed by atoms with van der Waals surface area (Å²) in [7, 11) is 0. The number of hydrogen-bond acceptors (Lipinski definition) is 3. The monoisotopic (exact) mass is 206 g/mol. The van der Waals surface area contributed by atoms with Gasteiger partial charge in [-0.2, -0.15) is 0 Å². The molecular formula is C11H14N2O2. The standard InChI is InChI=1S/C11H14N2O2/c14-11(15)8-13-6-5-12-7-9-3-1-2-4-10(9)13/h1-4,12H,5-8H2,(H,14,15). The molecule has 2 N–H and O–H groups in total. The summed E-state index contributed by atoms with van der Waals surface area (Å²) < 4.78 is 0. The van der Waals surface area contributed by atoms with E-state index < -0.39 is 5.97 Å². The number of fused-ring (bicyclic) bond motifs is 1. The second-order valence-corrected chi connectivity index (χ2v) is 3.62. The maximum Gasteiger partial charge on any atom is 0.323 e. The van der Waals surface area contributed by atoms with Gasteiger partial charge in [0.25, 0.3) is 0 Å². The third-order valence-electron chi connectivity index (χ3n) is 2.53. The number of carbonyl (C=O) groups is 1. The van der Waals surface area contributed by atoms with Gasteiger partial charge in [0, 0.05) is 25.3 Å². The molecule has 0 unspecified atom stereocenters. The van der Waals surface area contributed by atoms with Crippen molar-refractivity contribution in [3.63, 3.8) is 0 Å². The van der Waals surface area contributed by atoms with Gasteiger partial charge < -0.3 is 15.3 Å². The second-order valence-electron chi connectivity index (χ2n) is 3.62. The molecule has 0 spiro atoms. The van der Waals surface area contributed by atoms with Gasteiger partial charge in [0.1, 0.15) is 6.54 Å². The van der Waals surface area contributed by atoms with E-state index in [4.69, 9.17) is 5.11 Å². The first-order chi connectivity index (χ1) is 7.27. The summed E-state index contributed by atoms with van der Waals surface area (Å²) in [6.45, 7) is 2.44. The number of nitrogens with one attached hydrogen (secondary N) is 1. The van der Waals surface area contributed by atoms with Gasteiger partial charge in [-0.3, -0.25) is 4.79 Å². The topological polar surface area (TPSA) is 52.6 Å². The van der Waals surface area contributed by atoms with E-state index in [1.165, 1.54) is 0 Å². The highest BCUT2D eigenvalue weighted by molar-refractivity contribution is 5.74. The molecule has 0 radical (unpaired) electrons. The molecule has 0 amide bonds. The first kappa shape index (κ1) is 9.98. The number of carboxylic acid groups (broad SMARTS) is 1. The Hall–Kier alpha value is -1.55. The molecule has 80 valence electrons. The van der Waals surface area contributed by atoms with E-state index in [0.29, 0.717) is 0 Å². The van der Waals surface area contributed by atoms with E-state index in [-0.39, 0.29) is 6.54 Å². The zero-order valence-corrected chi connectivity index (χ0v) is 8.44. The van der Waals surface area contributed by atoms with Crippen molar-refractivity contribution in [1.29, 1.82) is 0 Å². The highest BCUT2D eigenvalue weighted by Crippen LogP contribution is 2.21. The Balaban J connectivity index is 2.28. The molecule has 0 fully saturated rings. The lowest BCUT2D eigenvalue weighted by molar-refractivity contribution is -0.135. The van der Waals surface area contributed by atoms with Crippen molar-refractivity contribution in [1.82, 2.24) is 5.32 Å². The minimum atomic E-state index is -0.785. The molecule has 1 aliphatic rings. The van der Waals surface area contributed by atoms with Crippen LogP contribution in [0, 0.1) is 0 Å². The Morgan fingerprint density at radius 1 is 1.47 bits per heavy atom. The Kier molecular flexibility index (Phi) is 2.87. The zero-order chi connectivity index (χ0) is 10.7. The van der Waals surface area contributed by atoms with Gasteiger partial charge in [0.05, 0.1) is 0 Å². The van der Waals surface area contributed by atoms with E-state index in [9.17, 15) is 4.79 Å². The molecule has 2 rings (SSSR count). The molecule has 0 saturated carbocycles. The number of carboxylic acids is 1. The molecule has 0 atom stereocenters. The van der Waals surface area contributed by atoms with Crippen molar-refractivity contribution in [2.24, 2.45) is 0 Å². The maximum absolute atomic E-state index is 10.7. The van der Waals surface area contributed by atoms with Crippen LogP contribution in [0.15, 0.2) is 24.3 Å². The number of para-hydroxylation sites is 1. The maximum atomic E-state index is 10.7. The van der Waals surface area contributed by atoms with Crippen molar-refractivity contribution in [3.05, 3.63) is 29.8 Å². The third-order valence-corrected chi connectivity index (χ3v) is 2.53. The number of benzene rings is 1. The smallest absolute Gasteiger partial charge is 0.323 e. The molecule has 1 aromatic rings. The third kappa shape index (κ3) is 2.27. The predicted octanol–water partition coefficient (Wildman–Crippen LogP) is 0.681.